The Balaban J connectivity index is 1.21. The predicted octanol–water partition coefficient (Wildman–Crippen LogP) is 0.271. The van der Waals surface area contributed by atoms with Crippen molar-refractivity contribution in [3.8, 4) is 5.75 Å². The number of benzene rings is 1. The Morgan fingerprint density at radius 1 is 1.30 bits per heavy atom. The van der Waals surface area contributed by atoms with Gasteiger partial charge in [-0.3, -0.25) is 20.3 Å². The average molecular weight is 452 g/mol. The third-order valence-corrected chi connectivity index (χ3v) is 6.18. The van der Waals surface area contributed by atoms with Crippen molar-refractivity contribution >= 4 is 11.8 Å². The second-order valence-electron chi connectivity index (χ2n) is 8.44. The SMILES string of the molecule is CN1NCCC1NC(=O)c1ccccc1OCC1=CC(=O)N2NC(C3=CC=CCC3)NC2N1. The maximum atomic E-state index is 12.8. The Morgan fingerprint density at radius 3 is 2.97 bits per heavy atom. The topological polar surface area (TPSA) is 110 Å². The molecule has 3 heterocycles. The number of carbonyl (C=O) groups excluding carboxylic acids is 2. The van der Waals surface area contributed by atoms with Crippen molar-refractivity contribution in [3.63, 3.8) is 0 Å². The van der Waals surface area contributed by atoms with Crippen molar-refractivity contribution in [1.82, 2.24) is 36.8 Å². The molecule has 1 aromatic rings. The molecule has 33 heavy (non-hydrogen) atoms. The number of para-hydroxylation sites is 1. The van der Waals surface area contributed by atoms with E-state index in [-0.39, 0.29) is 37.0 Å². The third kappa shape index (κ3) is 4.64. The van der Waals surface area contributed by atoms with E-state index in [1.807, 2.05) is 24.2 Å². The summed E-state index contributed by atoms with van der Waals surface area (Å²) in [6.07, 6.45) is 10.0. The van der Waals surface area contributed by atoms with Crippen molar-refractivity contribution in [2.24, 2.45) is 0 Å². The fourth-order valence-electron chi connectivity index (χ4n) is 4.37. The second-order valence-corrected chi connectivity index (χ2v) is 8.44. The fourth-order valence-corrected chi connectivity index (χ4v) is 4.37. The Bertz CT molecular complexity index is 1020. The molecule has 10 heteroatoms. The zero-order valence-electron chi connectivity index (χ0n) is 18.5. The van der Waals surface area contributed by atoms with Gasteiger partial charge >= 0.3 is 0 Å². The molecule has 5 rings (SSSR count). The predicted molar refractivity (Wildman–Crippen MR) is 122 cm³/mol. The lowest BCUT2D eigenvalue weighted by atomic mass is 10.0. The van der Waals surface area contributed by atoms with Crippen LogP contribution in [0.2, 0.25) is 0 Å². The molecule has 2 saturated heterocycles. The number of nitrogens with one attached hydrogen (secondary N) is 5. The standard InChI is InChI=1S/C23H29N7O3/c1-29-19(11-12-24-29)26-22(32)17-9-5-6-10-18(17)33-14-16-13-20(31)30-23(25-16)27-21(28-30)15-7-3-2-4-8-15/h2-3,5-7,9-10,13,19,21,23-25,27-28H,4,8,11-12,14H2,1H3,(H,26,32). The van der Waals surface area contributed by atoms with Crippen LogP contribution in [0.3, 0.4) is 0 Å². The molecule has 5 N–H and O–H groups in total. The van der Waals surface area contributed by atoms with Crippen molar-refractivity contribution < 1.29 is 14.3 Å². The Morgan fingerprint density at radius 2 is 2.18 bits per heavy atom. The van der Waals surface area contributed by atoms with Gasteiger partial charge < -0.3 is 15.4 Å². The molecule has 1 aromatic carbocycles. The van der Waals surface area contributed by atoms with Crippen LogP contribution in [0.1, 0.15) is 29.6 Å². The van der Waals surface area contributed by atoms with Gasteiger partial charge in [-0.1, -0.05) is 30.4 Å². The lowest BCUT2D eigenvalue weighted by Gasteiger charge is -2.29. The van der Waals surface area contributed by atoms with Gasteiger partial charge in [0.1, 0.15) is 18.5 Å². The van der Waals surface area contributed by atoms with E-state index in [0.717, 1.165) is 25.8 Å². The van der Waals surface area contributed by atoms with E-state index in [0.29, 0.717) is 17.0 Å². The van der Waals surface area contributed by atoms with Crippen LogP contribution in [0.4, 0.5) is 0 Å². The molecule has 3 unspecified atom stereocenters. The van der Waals surface area contributed by atoms with Gasteiger partial charge in [-0.2, -0.15) is 0 Å². The lowest BCUT2D eigenvalue weighted by molar-refractivity contribution is -0.131. The monoisotopic (exact) mass is 451 g/mol. The summed E-state index contributed by atoms with van der Waals surface area (Å²) in [4.78, 5) is 25.5. The second kappa shape index (κ2) is 9.36. The van der Waals surface area contributed by atoms with Crippen LogP contribution < -0.4 is 31.5 Å². The first-order valence-electron chi connectivity index (χ1n) is 11.3. The fraction of sp³-hybridized carbons (Fsp3) is 0.391. The van der Waals surface area contributed by atoms with Crippen LogP contribution in [0.5, 0.6) is 5.75 Å². The molecule has 0 spiro atoms. The van der Waals surface area contributed by atoms with Gasteiger partial charge in [0.05, 0.1) is 17.4 Å². The first-order chi connectivity index (χ1) is 16.1. The highest BCUT2D eigenvalue weighted by Crippen LogP contribution is 2.22. The number of hydrogen-bond acceptors (Lipinski definition) is 8. The molecule has 0 saturated carbocycles. The Kier molecular flexibility index (Phi) is 6.14. The number of amides is 2. The summed E-state index contributed by atoms with van der Waals surface area (Å²) in [5.74, 6) is 0.121. The minimum absolute atomic E-state index is 0.0689. The van der Waals surface area contributed by atoms with E-state index in [9.17, 15) is 9.59 Å². The molecule has 10 nitrogen and oxygen atoms in total. The highest BCUT2D eigenvalue weighted by Gasteiger charge is 2.38. The van der Waals surface area contributed by atoms with E-state index in [1.54, 1.807) is 23.2 Å². The zero-order valence-corrected chi connectivity index (χ0v) is 18.5. The van der Waals surface area contributed by atoms with Gasteiger partial charge in [0, 0.05) is 19.7 Å². The quantitative estimate of drug-likeness (QED) is 0.419. The van der Waals surface area contributed by atoms with Crippen LogP contribution in [-0.4, -0.2) is 60.7 Å². The molecule has 3 atom stereocenters. The largest absolute Gasteiger partial charge is 0.487 e. The van der Waals surface area contributed by atoms with Crippen LogP contribution >= 0.6 is 0 Å². The van der Waals surface area contributed by atoms with E-state index < -0.39 is 0 Å². The summed E-state index contributed by atoms with van der Waals surface area (Å²) in [5, 5.41) is 13.2. The van der Waals surface area contributed by atoms with Crippen LogP contribution in [0, 0.1) is 0 Å². The van der Waals surface area contributed by atoms with E-state index >= 15 is 0 Å². The number of allylic oxidation sites excluding steroid dienone is 3. The number of nitrogens with zero attached hydrogens (tertiary/aromatic N) is 2. The number of fused-ring (bicyclic) bond motifs is 1. The molecular weight excluding hydrogens is 422 g/mol. The van der Waals surface area contributed by atoms with E-state index in [2.05, 4.69) is 39.0 Å². The molecule has 0 bridgehead atoms. The molecule has 2 amide bonds. The summed E-state index contributed by atoms with van der Waals surface area (Å²) in [7, 11) is 1.90. The lowest BCUT2D eigenvalue weighted by Crippen LogP contribution is -2.55. The van der Waals surface area contributed by atoms with Gasteiger partial charge in [0.25, 0.3) is 11.8 Å². The molecule has 4 aliphatic rings. The average Bonchev–Trinajstić information content (AvgIpc) is 3.45. The highest BCUT2D eigenvalue weighted by atomic mass is 16.5. The van der Waals surface area contributed by atoms with E-state index in [4.69, 9.17) is 4.74 Å². The van der Waals surface area contributed by atoms with Crippen molar-refractivity contribution in [2.75, 3.05) is 20.2 Å². The highest BCUT2D eigenvalue weighted by molar-refractivity contribution is 5.97. The van der Waals surface area contributed by atoms with Crippen LogP contribution in [0.15, 0.2) is 59.8 Å². The Labute approximate surface area is 192 Å². The smallest absolute Gasteiger partial charge is 0.265 e. The van der Waals surface area contributed by atoms with Crippen molar-refractivity contribution in [3.05, 3.63) is 65.4 Å². The van der Waals surface area contributed by atoms with Crippen LogP contribution in [-0.2, 0) is 4.79 Å². The first-order valence-corrected chi connectivity index (χ1v) is 11.3. The number of carbonyl (C=O) groups is 2. The number of ether oxygens (including phenoxy) is 1. The molecule has 0 radical (unpaired) electrons. The van der Waals surface area contributed by atoms with Crippen molar-refractivity contribution in [2.45, 2.75) is 37.9 Å². The summed E-state index contributed by atoms with van der Waals surface area (Å²) in [6, 6.07) is 7.13. The number of rotatable bonds is 6. The van der Waals surface area contributed by atoms with Gasteiger partial charge in [-0.05, 0) is 37.0 Å². The molecule has 1 aliphatic carbocycles. The molecule has 0 aromatic heterocycles. The number of hydrogen-bond donors (Lipinski definition) is 5. The van der Waals surface area contributed by atoms with Gasteiger partial charge in [-0.25, -0.2) is 15.4 Å². The zero-order chi connectivity index (χ0) is 22.8. The molecule has 3 aliphatic heterocycles. The molecular formula is C23H29N7O3. The first kappa shape index (κ1) is 21.7. The third-order valence-electron chi connectivity index (χ3n) is 6.18. The normalized spacial score (nSPS) is 27.0. The van der Waals surface area contributed by atoms with Crippen molar-refractivity contribution in [1.29, 1.82) is 0 Å². The number of hydrazine groups is 2. The van der Waals surface area contributed by atoms with Gasteiger partial charge in [0.2, 0.25) is 0 Å². The maximum Gasteiger partial charge on any atom is 0.265 e. The minimum atomic E-state index is -0.373. The summed E-state index contributed by atoms with van der Waals surface area (Å²) in [5.41, 5.74) is 8.71. The van der Waals surface area contributed by atoms with Crippen LogP contribution in [0.25, 0.3) is 0 Å². The minimum Gasteiger partial charge on any atom is -0.487 e. The Hall–Kier alpha value is -3.18. The van der Waals surface area contributed by atoms with Gasteiger partial charge in [-0.15, -0.1) is 0 Å². The summed E-state index contributed by atoms with van der Waals surface area (Å²) in [6.45, 7) is 0.965. The molecule has 174 valence electrons. The summed E-state index contributed by atoms with van der Waals surface area (Å²) >= 11 is 0. The van der Waals surface area contributed by atoms with E-state index in [1.165, 1.54) is 11.6 Å². The summed E-state index contributed by atoms with van der Waals surface area (Å²) < 4.78 is 5.97. The molecule has 2 fully saturated rings. The maximum absolute atomic E-state index is 12.8. The van der Waals surface area contributed by atoms with Gasteiger partial charge in [0.15, 0.2) is 6.29 Å².